The molecular formula is C25H32ClN5O4. The molecule has 2 aliphatic rings. The zero-order valence-corrected chi connectivity index (χ0v) is 21.0. The van der Waals surface area contributed by atoms with Gasteiger partial charge in [0, 0.05) is 58.0 Å². The van der Waals surface area contributed by atoms with Crippen LogP contribution in [0.1, 0.15) is 23.7 Å². The summed E-state index contributed by atoms with van der Waals surface area (Å²) in [5.41, 5.74) is 2.73. The molecule has 0 radical (unpaired) electrons. The molecule has 1 fully saturated rings. The minimum Gasteiger partial charge on any atom is -0.379 e. The van der Waals surface area contributed by atoms with E-state index in [1.54, 1.807) is 4.90 Å². The predicted molar refractivity (Wildman–Crippen MR) is 133 cm³/mol. The molecule has 35 heavy (non-hydrogen) atoms. The molecule has 3 heterocycles. The second-order valence-corrected chi connectivity index (χ2v) is 9.20. The fourth-order valence-electron chi connectivity index (χ4n) is 4.43. The van der Waals surface area contributed by atoms with Gasteiger partial charge in [-0.2, -0.15) is 5.10 Å². The Morgan fingerprint density at radius 3 is 2.60 bits per heavy atom. The van der Waals surface area contributed by atoms with Crippen LogP contribution >= 0.6 is 11.6 Å². The molecule has 2 aliphatic heterocycles. The molecule has 188 valence electrons. The molecular weight excluding hydrogens is 470 g/mol. The maximum Gasteiger partial charge on any atom is 0.262 e. The number of nitrogens with zero attached hydrogens (tertiary/aromatic N) is 5. The van der Waals surface area contributed by atoms with E-state index in [2.05, 4.69) is 4.90 Å². The number of hydrogen-bond acceptors (Lipinski definition) is 6. The third-order valence-corrected chi connectivity index (χ3v) is 6.65. The highest BCUT2D eigenvalue weighted by Gasteiger charge is 2.35. The first-order chi connectivity index (χ1) is 17.0. The monoisotopic (exact) mass is 501 g/mol. The summed E-state index contributed by atoms with van der Waals surface area (Å²) < 4.78 is 12.5. The topological polar surface area (TPSA) is 79.6 Å². The Morgan fingerprint density at radius 1 is 1.20 bits per heavy atom. The summed E-state index contributed by atoms with van der Waals surface area (Å²) in [6.45, 7) is 3.95. The van der Waals surface area contributed by atoms with Crippen LogP contribution in [0.15, 0.2) is 47.7 Å². The summed E-state index contributed by atoms with van der Waals surface area (Å²) in [5, 5.41) is 6.88. The molecule has 1 atom stereocenters. The lowest BCUT2D eigenvalue weighted by atomic mass is 10.0. The third-order valence-electron chi connectivity index (χ3n) is 6.40. The van der Waals surface area contributed by atoms with E-state index in [9.17, 15) is 9.59 Å². The Morgan fingerprint density at radius 2 is 1.94 bits per heavy atom. The van der Waals surface area contributed by atoms with Crippen molar-refractivity contribution in [2.75, 3.05) is 59.7 Å². The van der Waals surface area contributed by atoms with Gasteiger partial charge >= 0.3 is 0 Å². The van der Waals surface area contributed by atoms with Gasteiger partial charge in [-0.1, -0.05) is 23.7 Å². The van der Waals surface area contributed by atoms with Crippen LogP contribution in [-0.2, 0) is 26.1 Å². The third kappa shape index (κ3) is 6.29. The number of hydrogen-bond donors (Lipinski definition) is 0. The lowest BCUT2D eigenvalue weighted by Crippen LogP contribution is -2.47. The summed E-state index contributed by atoms with van der Waals surface area (Å²) in [6, 6.07) is 11.1. The van der Waals surface area contributed by atoms with Crippen LogP contribution < -0.4 is 0 Å². The van der Waals surface area contributed by atoms with E-state index >= 15 is 0 Å². The first-order valence-electron chi connectivity index (χ1n) is 11.8. The van der Waals surface area contributed by atoms with Gasteiger partial charge in [-0.15, -0.1) is 0 Å². The van der Waals surface area contributed by atoms with Crippen molar-refractivity contribution in [3.05, 3.63) is 58.9 Å². The summed E-state index contributed by atoms with van der Waals surface area (Å²) in [4.78, 5) is 30.2. The first-order valence-corrected chi connectivity index (χ1v) is 12.2. The van der Waals surface area contributed by atoms with Gasteiger partial charge in [-0.05, 0) is 29.8 Å². The number of carbonyl (C=O) groups excluding carboxylic acids is 2. The number of halogens is 1. The van der Waals surface area contributed by atoms with Crippen LogP contribution in [0, 0.1) is 0 Å². The van der Waals surface area contributed by atoms with Crippen LogP contribution in [0.2, 0.25) is 5.02 Å². The molecule has 2 aromatic rings. The van der Waals surface area contributed by atoms with Crippen molar-refractivity contribution < 1.29 is 19.1 Å². The average molecular weight is 502 g/mol. The minimum absolute atomic E-state index is 0.0689. The molecule has 0 N–H and O–H groups in total. The number of rotatable bonds is 9. The number of aryl methyl sites for hydroxylation is 1. The van der Waals surface area contributed by atoms with Crippen LogP contribution in [0.25, 0.3) is 0 Å². The van der Waals surface area contributed by atoms with Crippen LogP contribution in [0.3, 0.4) is 0 Å². The number of aromatic nitrogens is 1. The fourth-order valence-corrected chi connectivity index (χ4v) is 4.56. The highest BCUT2D eigenvalue weighted by atomic mass is 35.5. The normalized spacial score (nSPS) is 18.5. The highest BCUT2D eigenvalue weighted by molar-refractivity contribution is 6.30. The van der Waals surface area contributed by atoms with Crippen molar-refractivity contribution in [2.24, 2.45) is 12.1 Å². The van der Waals surface area contributed by atoms with Crippen molar-refractivity contribution in [3.63, 3.8) is 0 Å². The minimum atomic E-state index is -0.275. The van der Waals surface area contributed by atoms with E-state index < -0.39 is 0 Å². The van der Waals surface area contributed by atoms with Crippen LogP contribution in [0.4, 0.5) is 0 Å². The molecule has 0 bridgehead atoms. The van der Waals surface area contributed by atoms with Crippen LogP contribution in [-0.4, -0.2) is 96.6 Å². The number of benzene rings is 1. The second-order valence-electron chi connectivity index (χ2n) is 8.76. The van der Waals surface area contributed by atoms with E-state index in [4.69, 9.17) is 26.2 Å². The molecule has 2 amide bonds. The van der Waals surface area contributed by atoms with E-state index in [-0.39, 0.29) is 31.0 Å². The van der Waals surface area contributed by atoms with Crippen molar-refractivity contribution in [3.8, 4) is 0 Å². The summed E-state index contributed by atoms with van der Waals surface area (Å²) in [5.74, 6) is -0.455. The number of hydrazone groups is 1. The summed E-state index contributed by atoms with van der Waals surface area (Å²) >= 11 is 6.10. The van der Waals surface area contributed by atoms with Gasteiger partial charge in [0.2, 0.25) is 5.91 Å². The highest BCUT2D eigenvalue weighted by Crippen LogP contribution is 2.33. The molecule has 1 aromatic carbocycles. The van der Waals surface area contributed by atoms with Gasteiger partial charge in [-0.25, -0.2) is 5.01 Å². The number of amides is 2. The summed E-state index contributed by atoms with van der Waals surface area (Å²) in [6.07, 6.45) is 2.53. The smallest absolute Gasteiger partial charge is 0.262 e. The largest absolute Gasteiger partial charge is 0.379 e. The molecule has 0 aliphatic carbocycles. The predicted octanol–water partition coefficient (Wildman–Crippen LogP) is 2.16. The van der Waals surface area contributed by atoms with E-state index in [0.29, 0.717) is 37.7 Å². The second kappa shape index (κ2) is 11.8. The number of methoxy groups -OCH3 is 1. The molecule has 1 unspecified atom stereocenters. The molecule has 1 saturated heterocycles. The number of morpholine rings is 1. The Kier molecular flexibility index (Phi) is 8.56. The number of ether oxygens (including phenoxy) is 2. The Balaban J connectivity index is 1.54. The standard InChI is InChI=1S/C25H32ClN5O4/c1-28-9-3-4-22(28)21-16-23(19-5-7-20(26)8-6-19)31(27-21)24(32)17-30(25(33)18-34-2)11-10-29-12-14-35-15-13-29/h3-9,23H,10-18H2,1-2H3. The Hall–Kier alpha value is -2.72. The van der Waals surface area contributed by atoms with Gasteiger partial charge in [0.25, 0.3) is 5.91 Å². The maximum absolute atomic E-state index is 13.6. The van der Waals surface area contributed by atoms with E-state index in [1.807, 2.05) is 54.2 Å². The lowest BCUT2D eigenvalue weighted by Gasteiger charge is -2.31. The van der Waals surface area contributed by atoms with Gasteiger partial charge in [0.15, 0.2) is 0 Å². The van der Waals surface area contributed by atoms with Gasteiger partial charge < -0.3 is 18.9 Å². The molecule has 0 spiro atoms. The quantitative estimate of drug-likeness (QED) is 0.526. The first kappa shape index (κ1) is 25.4. The number of carbonyl (C=O) groups is 2. The van der Waals surface area contributed by atoms with Gasteiger partial charge in [0.1, 0.15) is 13.2 Å². The molecule has 1 aromatic heterocycles. The maximum atomic E-state index is 13.6. The molecule has 10 heteroatoms. The van der Waals surface area contributed by atoms with Crippen molar-refractivity contribution in [1.82, 2.24) is 19.4 Å². The average Bonchev–Trinajstić information content (AvgIpc) is 3.49. The summed E-state index contributed by atoms with van der Waals surface area (Å²) in [7, 11) is 3.43. The zero-order chi connectivity index (χ0) is 24.8. The van der Waals surface area contributed by atoms with E-state index in [0.717, 1.165) is 30.1 Å². The Bertz CT molecular complexity index is 1050. The lowest BCUT2D eigenvalue weighted by molar-refractivity contribution is -0.143. The zero-order valence-electron chi connectivity index (χ0n) is 20.2. The van der Waals surface area contributed by atoms with E-state index in [1.165, 1.54) is 12.1 Å². The van der Waals surface area contributed by atoms with Crippen molar-refractivity contribution in [1.29, 1.82) is 0 Å². The molecule has 0 saturated carbocycles. The Labute approximate surface area is 210 Å². The fraction of sp³-hybridized carbons (Fsp3) is 0.480. The van der Waals surface area contributed by atoms with Crippen molar-refractivity contribution in [2.45, 2.75) is 12.5 Å². The van der Waals surface area contributed by atoms with Crippen LogP contribution in [0.5, 0.6) is 0 Å². The SMILES string of the molecule is COCC(=O)N(CCN1CCOCC1)CC(=O)N1N=C(c2cccn2C)CC1c1ccc(Cl)cc1. The van der Waals surface area contributed by atoms with Crippen molar-refractivity contribution >= 4 is 29.1 Å². The van der Waals surface area contributed by atoms with Gasteiger partial charge in [0.05, 0.1) is 30.7 Å². The molecule has 4 rings (SSSR count). The molecule has 9 nitrogen and oxygen atoms in total. The van der Waals surface area contributed by atoms with Gasteiger partial charge in [-0.3, -0.25) is 14.5 Å².